The van der Waals surface area contributed by atoms with E-state index in [1.807, 2.05) is 6.07 Å². The Labute approximate surface area is 128 Å². The fraction of sp³-hybridized carbons (Fsp3) is 0.0667. The van der Waals surface area contributed by atoms with Gasteiger partial charge < -0.3 is 5.32 Å². The number of nitrogens with one attached hydrogen (secondary N) is 1. The van der Waals surface area contributed by atoms with Gasteiger partial charge in [-0.05, 0) is 46.3 Å². The maximum atomic E-state index is 13.2. The molecule has 0 saturated heterocycles. The lowest BCUT2D eigenvalue weighted by molar-refractivity contribution is 0.628. The summed E-state index contributed by atoms with van der Waals surface area (Å²) in [6, 6.07) is 11.2. The third-order valence-corrected chi connectivity index (χ3v) is 3.70. The average molecular weight is 348 g/mol. The molecule has 0 aliphatic carbocycles. The molecule has 0 saturated carbocycles. The van der Waals surface area contributed by atoms with Crippen LogP contribution in [0.2, 0.25) is 0 Å². The second kappa shape index (κ2) is 5.65. The van der Waals surface area contributed by atoms with Crippen molar-refractivity contribution in [2.45, 2.75) is 6.54 Å². The number of fused-ring (bicyclic) bond motifs is 1. The fourth-order valence-electron chi connectivity index (χ4n) is 2.01. The standard InChI is InChI=1S/C15H11BrFN3O/c16-12-5-4-10(17)7-13(12)18-9-11-8-15(21)20-6-2-1-3-14(20)19-11/h1-8,18H,9H2. The first kappa shape index (κ1) is 13.8. The summed E-state index contributed by atoms with van der Waals surface area (Å²) in [7, 11) is 0. The molecule has 3 aromatic rings. The number of nitrogens with zero attached hydrogens (tertiary/aromatic N) is 2. The summed E-state index contributed by atoms with van der Waals surface area (Å²) < 4.78 is 15.4. The molecular weight excluding hydrogens is 337 g/mol. The molecule has 6 heteroatoms. The van der Waals surface area contributed by atoms with Gasteiger partial charge in [-0.25, -0.2) is 9.37 Å². The SMILES string of the molecule is O=c1cc(CNc2cc(F)ccc2Br)nc2ccccn12. The van der Waals surface area contributed by atoms with Crippen LogP contribution in [0.15, 0.2) is 57.9 Å². The smallest absolute Gasteiger partial charge is 0.258 e. The van der Waals surface area contributed by atoms with E-state index in [1.165, 1.54) is 22.6 Å². The maximum absolute atomic E-state index is 13.2. The largest absolute Gasteiger partial charge is 0.378 e. The van der Waals surface area contributed by atoms with Crippen LogP contribution < -0.4 is 10.9 Å². The summed E-state index contributed by atoms with van der Waals surface area (Å²) in [5.74, 6) is -0.327. The van der Waals surface area contributed by atoms with Crippen LogP contribution in [0, 0.1) is 5.82 Å². The van der Waals surface area contributed by atoms with E-state index in [2.05, 4.69) is 26.2 Å². The van der Waals surface area contributed by atoms with Gasteiger partial charge in [0.15, 0.2) is 0 Å². The van der Waals surface area contributed by atoms with Crippen molar-refractivity contribution in [2.75, 3.05) is 5.32 Å². The fourth-order valence-corrected chi connectivity index (χ4v) is 2.40. The van der Waals surface area contributed by atoms with Crippen molar-refractivity contribution in [1.29, 1.82) is 0 Å². The van der Waals surface area contributed by atoms with Gasteiger partial charge in [0.1, 0.15) is 11.5 Å². The summed E-state index contributed by atoms with van der Waals surface area (Å²) in [5.41, 5.74) is 1.66. The number of hydrogen-bond donors (Lipinski definition) is 1. The van der Waals surface area contributed by atoms with Crippen molar-refractivity contribution >= 4 is 27.3 Å². The summed E-state index contributed by atoms with van der Waals surface area (Å²) in [5, 5.41) is 3.06. The lowest BCUT2D eigenvalue weighted by Gasteiger charge is -2.09. The van der Waals surface area contributed by atoms with Gasteiger partial charge in [0.25, 0.3) is 5.56 Å². The Bertz CT molecular complexity index is 863. The van der Waals surface area contributed by atoms with E-state index < -0.39 is 0 Å². The molecule has 21 heavy (non-hydrogen) atoms. The van der Waals surface area contributed by atoms with Crippen LogP contribution in [0.25, 0.3) is 5.65 Å². The summed E-state index contributed by atoms with van der Waals surface area (Å²) >= 11 is 3.34. The summed E-state index contributed by atoms with van der Waals surface area (Å²) in [6.07, 6.45) is 1.67. The van der Waals surface area contributed by atoms with Crippen molar-refractivity contribution < 1.29 is 4.39 Å². The molecule has 0 amide bonds. The number of benzene rings is 1. The van der Waals surface area contributed by atoms with E-state index in [-0.39, 0.29) is 11.4 Å². The topological polar surface area (TPSA) is 46.4 Å². The number of anilines is 1. The van der Waals surface area contributed by atoms with Crippen LogP contribution >= 0.6 is 15.9 Å². The molecule has 2 aromatic heterocycles. The average Bonchev–Trinajstić information content (AvgIpc) is 2.48. The second-order valence-corrected chi connectivity index (χ2v) is 5.35. The Morgan fingerprint density at radius 2 is 2.10 bits per heavy atom. The van der Waals surface area contributed by atoms with Gasteiger partial charge in [0.05, 0.1) is 17.9 Å². The summed E-state index contributed by atoms with van der Waals surface area (Å²) in [6.45, 7) is 0.336. The molecule has 0 bridgehead atoms. The van der Waals surface area contributed by atoms with Gasteiger partial charge >= 0.3 is 0 Å². The molecule has 106 valence electrons. The molecule has 0 atom stereocenters. The van der Waals surface area contributed by atoms with Gasteiger partial charge in [-0.15, -0.1) is 0 Å². The zero-order valence-electron chi connectivity index (χ0n) is 10.9. The van der Waals surface area contributed by atoms with E-state index in [0.29, 0.717) is 23.6 Å². The normalized spacial score (nSPS) is 10.8. The highest BCUT2D eigenvalue weighted by molar-refractivity contribution is 9.10. The molecule has 2 heterocycles. The molecule has 0 radical (unpaired) electrons. The van der Waals surface area contributed by atoms with Gasteiger partial charge in [-0.2, -0.15) is 0 Å². The van der Waals surface area contributed by atoms with Gasteiger partial charge in [-0.3, -0.25) is 9.20 Å². The lowest BCUT2D eigenvalue weighted by Crippen LogP contribution is -2.16. The monoisotopic (exact) mass is 347 g/mol. The Balaban J connectivity index is 1.88. The molecule has 0 aliphatic heterocycles. The first-order valence-corrected chi connectivity index (χ1v) is 7.09. The van der Waals surface area contributed by atoms with Crippen molar-refractivity contribution in [1.82, 2.24) is 9.38 Å². The van der Waals surface area contributed by atoms with Crippen molar-refractivity contribution in [3.05, 3.63) is 75.0 Å². The highest BCUT2D eigenvalue weighted by Gasteiger charge is 2.04. The van der Waals surface area contributed by atoms with Crippen LogP contribution in [0.4, 0.5) is 10.1 Å². The predicted octanol–water partition coefficient (Wildman–Crippen LogP) is 3.21. The highest BCUT2D eigenvalue weighted by Crippen LogP contribution is 2.23. The number of rotatable bonds is 3. The number of pyridine rings is 1. The van der Waals surface area contributed by atoms with Crippen molar-refractivity contribution in [3.63, 3.8) is 0 Å². The van der Waals surface area contributed by atoms with Crippen molar-refractivity contribution in [2.24, 2.45) is 0 Å². The molecule has 0 fully saturated rings. The Kier molecular flexibility index (Phi) is 3.70. The highest BCUT2D eigenvalue weighted by atomic mass is 79.9. The van der Waals surface area contributed by atoms with E-state index in [0.717, 1.165) is 4.47 Å². The quantitative estimate of drug-likeness (QED) is 0.791. The molecule has 3 rings (SSSR count). The Morgan fingerprint density at radius 3 is 2.95 bits per heavy atom. The lowest BCUT2D eigenvalue weighted by atomic mass is 10.3. The van der Waals surface area contributed by atoms with E-state index >= 15 is 0 Å². The van der Waals surface area contributed by atoms with Gasteiger partial charge in [0.2, 0.25) is 0 Å². The zero-order valence-corrected chi connectivity index (χ0v) is 12.5. The zero-order chi connectivity index (χ0) is 14.8. The summed E-state index contributed by atoms with van der Waals surface area (Å²) in [4.78, 5) is 16.4. The minimum absolute atomic E-state index is 0.143. The number of hydrogen-bond acceptors (Lipinski definition) is 3. The third kappa shape index (κ3) is 2.95. The molecule has 1 N–H and O–H groups in total. The molecule has 0 unspecified atom stereocenters. The second-order valence-electron chi connectivity index (χ2n) is 4.49. The minimum Gasteiger partial charge on any atom is -0.378 e. The molecule has 1 aromatic carbocycles. The van der Waals surface area contributed by atoms with Crippen molar-refractivity contribution in [3.8, 4) is 0 Å². The first-order chi connectivity index (χ1) is 10.1. The Hall–Kier alpha value is -2.21. The van der Waals surface area contributed by atoms with Crippen LogP contribution in [0.1, 0.15) is 5.69 Å². The molecule has 0 aliphatic rings. The Morgan fingerprint density at radius 1 is 1.24 bits per heavy atom. The van der Waals surface area contributed by atoms with E-state index in [9.17, 15) is 9.18 Å². The van der Waals surface area contributed by atoms with Crippen LogP contribution in [0.3, 0.4) is 0 Å². The van der Waals surface area contributed by atoms with Crippen LogP contribution in [-0.2, 0) is 6.54 Å². The number of halogens is 2. The number of aromatic nitrogens is 2. The van der Waals surface area contributed by atoms with E-state index in [1.54, 1.807) is 24.4 Å². The van der Waals surface area contributed by atoms with Gasteiger partial charge in [-0.1, -0.05) is 6.07 Å². The molecular formula is C15H11BrFN3O. The first-order valence-electron chi connectivity index (χ1n) is 6.30. The third-order valence-electron chi connectivity index (χ3n) is 3.01. The van der Waals surface area contributed by atoms with Crippen LogP contribution in [-0.4, -0.2) is 9.38 Å². The van der Waals surface area contributed by atoms with Gasteiger partial charge in [0, 0.05) is 16.7 Å². The molecule has 0 spiro atoms. The predicted molar refractivity (Wildman–Crippen MR) is 82.9 cm³/mol. The van der Waals surface area contributed by atoms with E-state index in [4.69, 9.17) is 0 Å². The molecule has 4 nitrogen and oxygen atoms in total. The van der Waals surface area contributed by atoms with Crippen LogP contribution in [0.5, 0.6) is 0 Å². The minimum atomic E-state index is -0.327. The maximum Gasteiger partial charge on any atom is 0.258 e.